The van der Waals surface area contributed by atoms with Crippen LogP contribution >= 0.6 is 11.6 Å². The van der Waals surface area contributed by atoms with E-state index in [-0.39, 0.29) is 0 Å². The van der Waals surface area contributed by atoms with E-state index in [0.29, 0.717) is 18.2 Å². The molecule has 1 heterocycles. The third-order valence-corrected chi connectivity index (χ3v) is 4.50. The molecular formula is C14H24ClN3O. The standard InChI is InChI=1S/C14H24ClN3O/c1-3-12-11(13(15)18(2)17-12)9-16-10-14(19)7-5-4-6-8-14/h16,19H,3-10H2,1-2H3. The van der Waals surface area contributed by atoms with Gasteiger partial charge in [-0.1, -0.05) is 37.8 Å². The van der Waals surface area contributed by atoms with Gasteiger partial charge in [0, 0.05) is 25.7 Å². The molecule has 1 fully saturated rings. The predicted octanol–water partition coefficient (Wildman–Crippen LogP) is 2.42. The van der Waals surface area contributed by atoms with Crippen molar-refractivity contribution in [2.45, 2.75) is 57.6 Å². The van der Waals surface area contributed by atoms with Gasteiger partial charge in [-0.15, -0.1) is 0 Å². The summed E-state index contributed by atoms with van der Waals surface area (Å²) < 4.78 is 1.72. The van der Waals surface area contributed by atoms with Gasteiger partial charge in [-0.05, 0) is 19.3 Å². The molecule has 108 valence electrons. The zero-order valence-corrected chi connectivity index (χ0v) is 12.6. The molecule has 0 radical (unpaired) electrons. The van der Waals surface area contributed by atoms with Gasteiger partial charge in [0.1, 0.15) is 5.15 Å². The fourth-order valence-corrected chi connectivity index (χ4v) is 3.08. The predicted molar refractivity (Wildman–Crippen MR) is 77.3 cm³/mol. The van der Waals surface area contributed by atoms with Crippen LogP contribution in [0.3, 0.4) is 0 Å². The Labute approximate surface area is 120 Å². The number of halogens is 1. The van der Waals surface area contributed by atoms with Crippen LogP contribution in [-0.2, 0) is 20.0 Å². The van der Waals surface area contributed by atoms with Gasteiger partial charge >= 0.3 is 0 Å². The van der Waals surface area contributed by atoms with Gasteiger partial charge in [0.05, 0.1) is 11.3 Å². The van der Waals surface area contributed by atoms with Crippen LogP contribution in [0.5, 0.6) is 0 Å². The number of nitrogens with one attached hydrogen (secondary N) is 1. The summed E-state index contributed by atoms with van der Waals surface area (Å²) in [5.74, 6) is 0. The molecule has 0 spiro atoms. The summed E-state index contributed by atoms with van der Waals surface area (Å²) >= 11 is 6.25. The van der Waals surface area contributed by atoms with E-state index in [1.807, 2.05) is 7.05 Å². The van der Waals surface area contributed by atoms with E-state index in [4.69, 9.17) is 11.6 Å². The van der Waals surface area contributed by atoms with E-state index in [0.717, 1.165) is 43.4 Å². The third kappa shape index (κ3) is 3.50. The fraction of sp³-hybridized carbons (Fsp3) is 0.786. The summed E-state index contributed by atoms with van der Waals surface area (Å²) in [6.07, 6.45) is 6.19. The van der Waals surface area contributed by atoms with Gasteiger partial charge in [-0.2, -0.15) is 5.10 Å². The largest absolute Gasteiger partial charge is 0.389 e. The van der Waals surface area contributed by atoms with E-state index in [1.165, 1.54) is 6.42 Å². The molecule has 2 rings (SSSR count). The topological polar surface area (TPSA) is 50.1 Å². The van der Waals surface area contributed by atoms with Gasteiger partial charge in [-0.3, -0.25) is 4.68 Å². The van der Waals surface area contributed by atoms with Crippen LogP contribution in [0.4, 0.5) is 0 Å². The summed E-state index contributed by atoms with van der Waals surface area (Å²) in [6.45, 7) is 3.40. The Kier molecular flexibility index (Phi) is 4.87. The Bertz CT molecular complexity index is 425. The van der Waals surface area contributed by atoms with Crippen molar-refractivity contribution in [3.8, 4) is 0 Å². The van der Waals surface area contributed by atoms with Crippen LogP contribution in [-0.4, -0.2) is 27.0 Å². The van der Waals surface area contributed by atoms with E-state index in [2.05, 4.69) is 17.3 Å². The average Bonchev–Trinajstić information content (AvgIpc) is 2.67. The highest BCUT2D eigenvalue weighted by molar-refractivity contribution is 6.30. The van der Waals surface area contributed by atoms with E-state index >= 15 is 0 Å². The lowest BCUT2D eigenvalue weighted by atomic mass is 9.85. The molecule has 0 aromatic carbocycles. The second kappa shape index (κ2) is 6.25. The normalized spacial score (nSPS) is 18.7. The Balaban J connectivity index is 1.92. The first-order chi connectivity index (χ1) is 9.06. The van der Waals surface area contributed by atoms with Crippen LogP contribution in [0, 0.1) is 0 Å². The highest BCUT2D eigenvalue weighted by atomic mass is 35.5. The average molecular weight is 286 g/mol. The van der Waals surface area contributed by atoms with Crippen molar-refractivity contribution < 1.29 is 5.11 Å². The molecule has 19 heavy (non-hydrogen) atoms. The summed E-state index contributed by atoms with van der Waals surface area (Å²) in [4.78, 5) is 0. The number of aryl methyl sites for hydroxylation is 2. The lowest BCUT2D eigenvalue weighted by Crippen LogP contribution is -2.42. The van der Waals surface area contributed by atoms with E-state index in [1.54, 1.807) is 4.68 Å². The van der Waals surface area contributed by atoms with Crippen molar-refractivity contribution in [1.29, 1.82) is 0 Å². The van der Waals surface area contributed by atoms with Crippen molar-refractivity contribution in [3.05, 3.63) is 16.4 Å². The number of nitrogens with zero attached hydrogens (tertiary/aromatic N) is 2. The first-order valence-electron chi connectivity index (χ1n) is 7.19. The van der Waals surface area contributed by atoms with Crippen LogP contribution in [0.2, 0.25) is 5.15 Å². The molecule has 0 atom stereocenters. The summed E-state index contributed by atoms with van der Waals surface area (Å²) in [7, 11) is 1.86. The number of rotatable bonds is 5. The summed E-state index contributed by atoms with van der Waals surface area (Å²) in [6, 6.07) is 0. The molecule has 4 nitrogen and oxygen atoms in total. The lowest BCUT2D eigenvalue weighted by Gasteiger charge is -2.32. The second-order valence-corrected chi connectivity index (χ2v) is 5.94. The van der Waals surface area contributed by atoms with Crippen molar-refractivity contribution in [3.63, 3.8) is 0 Å². The molecule has 0 bridgehead atoms. The van der Waals surface area contributed by atoms with Crippen LogP contribution < -0.4 is 5.32 Å². The van der Waals surface area contributed by atoms with E-state index in [9.17, 15) is 5.11 Å². The van der Waals surface area contributed by atoms with Crippen LogP contribution in [0.15, 0.2) is 0 Å². The second-order valence-electron chi connectivity index (χ2n) is 5.58. The van der Waals surface area contributed by atoms with Crippen molar-refractivity contribution in [2.75, 3.05) is 6.54 Å². The molecule has 1 aliphatic rings. The molecule has 5 heteroatoms. The smallest absolute Gasteiger partial charge is 0.131 e. The first kappa shape index (κ1) is 14.8. The molecule has 2 N–H and O–H groups in total. The molecule has 1 saturated carbocycles. The van der Waals surface area contributed by atoms with Crippen molar-refractivity contribution in [1.82, 2.24) is 15.1 Å². The molecular weight excluding hydrogens is 262 g/mol. The zero-order valence-electron chi connectivity index (χ0n) is 11.9. The maximum atomic E-state index is 10.4. The lowest BCUT2D eigenvalue weighted by molar-refractivity contribution is 0.00466. The van der Waals surface area contributed by atoms with E-state index < -0.39 is 5.60 Å². The SMILES string of the molecule is CCc1nn(C)c(Cl)c1CNCC1(O)CCCCC1. The molecule has 1 aliphatic carbocycles. The molecule has 1 aromatic heterocycles. The number of aliphatic hydroxyl groups is 1. The Morgan fingerprint density at radius 3 is 2.68 bits per heavy atom. The quantitative estimate of drug-likeness (QED) is 0.873. The number of aromatic nitrogens is 2. The maximum absolute atomic E-state index is 10.4. The molecule has 0 amide bonds. The first-order valence-corrected chi connectivity index (χ1v) is 7.57. The molecule has 0 saturated heterocycles. The Morgan fingerprint density at radius 1 is 1.37 bits per heavy atom. The zero-order chi connectivity index (χ0) is 13.9. The van der Waals surface area contributed by atoms with Crippen molar-refractivity contribution >= 4 is 11.6 Å². The summed E-state index contributed by atoms with van der Waals surface area (Å²) in [5.41, 5.74) is 1.57. The molecule has 1 aromatic rings. The highest BCUT2D eigenvalue weighted by Crippen LogP contribution is 2.27. The van der Waals surface area contributed by atoms with Gasteiger partial charge in [0.2, 0.25) is 0 Å². The minimum absolute atomic E-state index is 0.528. The van der Waals surface area contributed by atoms with Gasteiger partial charge in [-0.25, -0.2) is 0 Å². The summed E-state index contributed by atoms with van der Waals surface area (Å²) in [5, 5.41) is 18.9. The van der Waals surface area contributed by atoms with Crippen LogP contribution in [0.25, 0.3) is 0 Å². The minimum atomic E-state index is -0.528. The third-order valence-electron chi connectivity index (χ3n) is 4.03. The van der Waals surface area contributed by atoms with Gasteiger partial charge in [0.15, 0.2) is 0 Å². The fourth-order valence-electron chi connectivity index (χ4n) is 2.87. The number of hydrogen-bond donors (Lipinski definition) is 2. The van der Waals surface area contributed by atoms with Gasteiger partial charge in [0.25, 0.3) is 0 Å². The number of hydrogen-bond acceptors (Lipinski definition) is 3. The highest BCUT2D eigenvalue weighted by Gasteiger charge is 2.28. The van der Waals surface area contributed by atoms with Crippen molar-refractivity contribution in [2.24, 2.45) is 7.05 Å². The maximum Gasteiger partial charge on any atom is 0.131 e. The Hall–Kier alpha value is -0.580. The Morgan fingerprint density at radius 2 is 2.05 bits per heavy atom. The monoisotopic (exact) mass is 285 g/mol. The molecule has 0 aliphatic heterocycles. The molecule has 0 unspecified atom stereocenters. The minimum Gasteiger partial charge on any atom is -0.389 e. The van der Waals surface area contributed by atoms with Crippen LogP contribution in [0.1, 0.15) is 50.3 Å². The van der Waals surface area contributed by atoms with Gasteiger partial charge < -0.3 is 10.4 Å².